The molecule has 5 heteroatoms. The predicted octanol–water partition coefficient (Wildman–Crippen LogP) is 2.75. The zero-order chi connectivity index (χ0) is 16.0. The lowest BCUT2D eigenvalue weighted by molar-refractivity contribution is -0.228. The van der Waals surface area contributed by atoms with E-state index in [-0.39, 0.29) is 24.3 Å². The third kappa shape index (κ3) is 2.69. The second-order valence-electron chi connectivity index (χ2n) is 7.42. The maximum atomic E-state index is 11.8. The molecule has 1 spiro atoms. The zero-order valence-corrected chi connectivity index (χ0v) is 13.7. The molecule has 3 fully saturated rings. The Morgan fingerprint density at radius 2 is 2.05 bits per heavy atom. The van der Waals surface area contributed by atoms with Crippen LogP contribution in [0, 0.1) is 5.41 Å². The minimum absolute atomic E-state index is 0.0819. The molecule has 3 rings (SSSR count). The van der Waals surface area contributed by atoms with Crippen LogP contribution in [0.4, 0.5) is 0 Å². The summed E-state index contributed by atoms with van der Waals surface area (Å²) in [5.74, 6) is -0.477. The van der Waals surface area contributed by atoms with Crippen LogP contribution in [-0.2, 0) is 23.8 Å². The van der Waals surface area contributed by atoms with Crippen LogP contribution in [0.2, 0.25) is 0 Å². The van der Waals surface area contributed by atoms with Crippen molar-refractivity contribution < 1.29 is 23.8 Å². The number of esters is 1. The molecule has 3 saturated heterocycles. The number of fused-ring (bicyclic) bond motifs is 1. The highest BCUT2D eigenvalue weighted by Gasteiger charge is 2.63. The maximum absolute atomic E-state index is 11.8. The van der Waals surface area contributed by atoms with E-state index >= 15 is 0 Å². The van der Waals surface area contributed by atoms with E-state index in [4.69, 9.17) is 14.2 Å². The highest BCUT2D eigenvalue weighted by molar-refractivity contribution is 5.79. The first-order valence-electron chi connectivity index (χ1n) is 8.45. The van der Waals surface area contributed by atoms with Crippen molar-refractivity contribution in [3.05, 3.63) is 0 Å². The molecule has 0 bridgehead atoms. The summed E-state index contributed by atoms with van der Waals surface area (Å²) >= 11 is 0. The number of carbonyl (C=O) groups is 2. The quantitative estimate of drug-likeness (QED) is 0.731. The minimum atomic E-state index is -0.605. The number of ether oxygens (including phenoxy) is 3. The van der Waals surface area contributed by atoms with Gasteiger partial charge in [-0.2, -0.15) is 0 Å². The summed E-state index contributed by atoms with van der Waals surface area (Å²) in [5.41, 5.74) is -0.604. The predicted molar refractivity (Wildman–Crippen MR) is 79.1 cm³/mol. The summed E-state index contributed by atoms with van der Waals surface area (Å²) in [4.78, 5) is 23.5. The molecule has 4 atom stereocenters. The van der Waals surface area contributed by atoms with Gasteiger partial charge in [0.05, 0.1) is 11.5 Å². The molecule has 0 aromatic rings. The molecule has 0 aliphatic carbocycles. The number of hydrogen-bond acceptors (Lipinski definition) is 5. The number of hydrogen-bond donors (Lipinski definition) is 0. The highest BCUT2D eigenvalue weighted by Crippen LogP contribution is 2.51. The molecule has 0 N–H and O–H groups in total. The van der Waals surface area contributed by atoms with Gasteiger partial charge in [-0.25, -0.2) is 0 Å². The number of rotatable bonds is 5. The first kappa shape index (κ1) is 15.9. The van der Waals surface area contributed by atoms with Gasteiger partial charge in [0.2, 0.25) is 0 Å². The Morgan fingerprint density at radius 1 is 1.27 bits per heavy atom. The number of ketones is 1. The SMILES string of the molecule is CCCC(=O)CCC1CC[C@@]2(C[C@@H]3OC(=O)C(C)(C)[C@@H]3O2)O1. The molecule has 3 aliphatic heterocycles. The van der Waals surface area contributed by atoms with E-state index < -0.39 is 11.2 Å². The average molecular weight is 310 g/mol. The Morgan fingerprint density at radius 3 is 2.73 bits per heavy atom. The van der Waals surface area contributed by atoms with Crippen molar-refractivity contribution in [2.75, 3.05) is 0 Å². The van der Waals surface area contributed by atoms with Gasteiger partial charge in [0.15, 0.2) is 5.79 Å². The minimum Gasteiger partial charge on any atom is -0.459 e. The molecule has 0 saturated carbocycles. The lowest BCUT2D eigenvalue weighted by Crippen LogP contribution is -2.37. The fourth-order valence-corrected chi connectivity index (χ4v) is 3.86. The molecule has 3 heterocycles. The van der Waals surface area contributed by atoms with Crippen molar-refractivity contribution >= 4 is 11.8 Å². The summed E-state index contributed by atoms with van der Waals surface area (Å²) in [6.07, 6.45) is 4.93. The second kappa shape index (κ2) is 5.60. The van der Waals surface area contributed by atoms with Crippen LogP contribution in [0.3, 0.4) is 0 Å². The first-order valence-corrected chi connectivity index (χ1v) is 8.45. The summed E-state index contributed by atoms with van der Waals surface area (Å²) < 4.78 is 17.7. The molecule has 0 aromatic carbocycles. The summed E-state index contributed by atoms with van der Waals surface area (Å²) in [6.45, 7) is 5.76. The van der Waals surface area contributed by atoms with Gasteiger partial charge in [-0.1, -0.05) is 6.92 Å². The Bertz CT molecular complexity index is 472. The van der Waals surface area contributed by atoms with E-state index in [9.17, 15) is 9.59 Å². The van der Waals surface area contributed by atoms with Gasteiger partial charge >= 0.3 is 5.97 Å². The zero-order valence-electron chi connectivity index (χ0n) is 13.7. The van der Waals surface area contributed by atoms with Crippen molar-refractivity contribution in [2.24, 2.45) is 5.41 Å². The molecule has 3 aliphatic rings. The fourth-order valence-electron chi connectivity index (χ4n) is 3.86. The summed E-state index contributed by atoms with van der Waals surface area (Å²) in [6, 6.07) is 0. The van der Waals surface area contributed by atoms with Crippen molar-refractivity contribution in [2.45, 2.75) is 89.8 Å². The molecule has 5 nitrogen and oxygen atoms in total. The average Bonchev–Trinajstić information content (AvgIpc) is 3.07. The molecule has 0 aromatic heterocycles. The monoisotopic (exact) mass is 310 g/mol. The molecule has 1 unspecified atom stereocenters. The van der Waals surface area contributed by atoms with Crippen LogP contribution in [-0.4, -0.2) is 35.9 Å². The molecule has 0 amide bonds. The van der Waals surface area contributed by atoms with E-state index in [1.54, 1.807) is 0 Å². The van der Waals surface area contributed by atoms with E-state index in [1.165, 1.54) is 0 Å². The first-order chi connectivity index (χ1) is 10.4. The molecule has 124 valence electrons. The van der Waals surface area contributed by atoms with Gasteiger partial charge < -0.3 is 14.2 Å². The van der Waals surface area contributed by atoms with Gasteiger partial charge in [-0.3, -0.25) is 9.59 Å². The van der Waals surface area contributed by atoms with E-state index in [0.717, 1.165) is 25.7 Å². The second-order valence-corrected chi connectivity index (χ2v) is 7.42. The third-order valence-corrected chi connectivity index (χ3v) is 5.19. The molecule has 0 radical (unpaired) electrons. The van der Waals surface area contributed by atoms with E-state index in [0.29, 0.717) is 25.0 Å². The number of carbonyl (C=O) groups excluding carboxylic acids is 2. The lowest BCUT2D eigenvalue weighted by atomic mass is 9.87. The molecular weight excluding hydrogens is 284 g/mol. The van der Waals surface area contributed by atoms with Crippen molar-refractivity contribution in [3.8, 4) is 0 Å². The third-order valence-electron chi connectivity index (χ3n) is 5.19. The number of Topliss-reactive ketones (excluding diaryl/α,β-unsaturated/α-hetero) is 1. The van der Waals surface area contributed by atoms with Crippen LogP contribution in [0.5, 0.6) is 0 Å². The standard InChI is InChI=1S/C17H26O5/c1-4-5-11(18)6-7-12-8-9-17(21-12)10-13-14(22-17)16(2,3)15(19)20-13/h12-14H,4-10H2,1-3H3/t12?,13-,14+,17+/m0/s1. The van der Waals surface area contributed by atoms with Crippen LogP contribution in [0.25, 0.3) is 0 Å². The summed E-state index contributed by atoms with van der Waals surface area (Å²) in [7, 11) is 0. The van der Waals surface area contributed by atoms with Crippen molar-refractivity contribution in [3.63, 3.8) is 0 Å². The van der Waals surface area contributed by atoms with Gasteiger partial charge in [-0.15, -0.1) is 0 Å². The topological polar surface area (TPSA) is 61.8 Å². The normalized spacial score (nSPS) is 39.2. The Balaban J connectivity index is 1.55. The Kier molecular flexibility index (Phi) is 4.06. The lowest BCUT2D eigenvalue weighted by Gasteiger charge is -2.28. The smallest absolute Gasteiger partial charge is 0.314 e. The molecular formula is C17H26O5. The largest absolute Gasteiger partial charge is 0.459 e. The van der Waals surface area contributed by atoms with Crippen molar-refractivity contribution in [1.29, 1.82) is 0 Å². The van der Waals surface area contributed by atoms with Crippen molar-refractivity contribution in [1.82, 2.24) is 0 Å². The van der Waals surface area contributed by atoms with Crippen LogP contribution < -0.4 is 0 Å². The maximum Gasteiger partial charge on any atom is 0.314 e. The van der Waals surface area contributed by atoms with Crippen LogP contribution >= 0.6 is 0 Å². The van der Waals surface area contributed by atoms with E-state index in [1.807, 2.05) is 20.8 Å². The van der Waals surface area contributed by atoms with Gasteiger partial charge in [0, 0.05) is 25.7 Å². The van der Waals surface area contributed by atoms with E-state index in [2.05, 4.69) is 0 Å². The highest BCUT2D eigenvalue weighted by atomic mass is 16.7. The van der Waals surface area contributed by atoms with Gasteiger partial charge in [0.1, 0.15) is 18.0 Å². The van der Waals surface area contributed by atoms with Gasteiger partial charge in [0.25, 0.3) is 0 Å². The van der Waals surface area contributed by atoms with Crippen LogP contribution in [0.15, 0.2) is 0 Å². The van der Waals surface area contributed by atoms with Gasteiger partial charge in [-0.05, 0) is 33.1 Å². The molecule has 22 heavy (non-hydrogen) atoms. The summed E-state index contributed by atoms with van der Waals surface area (Å²) in [5, 5.41) is 0. The van der Waals surface area contributed by atoms with Crippen LogP contribution in [0.1, 0.15) is 65.7 Å². The Labute approximate surface area is 131 Å². The Hall–Kier alpha value is -0.940. The fraction of sp³-hybridized carbons (Fsp3) is 0.882.